The molecule has 0 saturated carbocycles. The van der Waals surface area contributed by atoms with Gasteiger partial charge in [-0.05, 0) is 91.1 Å². The van der Waals surface area contributed by atoms with Crippen molar-refractivity contribution in [2.24, 2.45) is 0 Å². The fourth-order valence-corrected chi connectivity index (χ4v) is 4.80. The number of aromatic carboxylic acids is 1. The number of carboxylic acids is 1. The zero-order valence-corrected chi connectivity index (χ0v) is 23.2. The molecule has 42 heavy (non-hydrogen) atoms. The zero-order chi connectivity index (χ0) is 29.5. The Kier molecular flexibility index (Phi) is 9.11. The lowest BCUT2D eigenvalue weighted by Crippen LogP contribution is -2.36. The smallest absolute Gasteiger partial charge is 0.339 e. The normalized spacial score (nSPS) is 14.8. The van der Waals surface area contributed by atoms with Crippen molar-refractivity contribution >= 4 is 11.9 Å². The number of nitrogens with zero attached hydrogens (tertiary/aromatic N) is 1. The highest BCUT2D eigenvalue weighted by Crippen LogP contribution is 2.35. The van der Waals surface area contributed by atoms with Gasteiger partial charge in [-0.2, -0.15) is 0 Å². The number of hydrogen-bond donors (Lipinski definition) is 3. The van der Waals surface area contributed by atoms with Crippen molar-refractivity contribution < 1.29 is 34.0 Å². The van der Waals surface area contributed by atoms with Crippen LogP contribution in [0.5, 0.6) is 17.2 Å². The van der Waals surface area contributed by atoms with Crippen LogP contribution in [-0.4, -0.2) is 52.9 Å². The summed E-state index contributed by atoms with van der Waals surface area (Å²) < 4.78 is 17.2. The maximum Gasteiger partial charge on any atom is 0.339 e. The Morgan fingerprint density at radius 3 is 2.60 bits per heavy atom. The molecule has 1 aromatic heterocycles. The van der Waals surface area contributed by atoms with Crippen LogP contribution in [0.15, 0.2) is 85.2 Å². The lowest BCUT2D eigenvalue weighted by Gasteiger charge is -2.27. The third-order valence-electron chi connectivity index (χ3n) is 7.01. The maximum absolute atomic E-state index is 11.9. The molecule has 3 aromatic carbocycles. The van der Waals surface area contributed by atoms with E-state index < -0.39 is 18.0 Å². The van der Waals surface area contributed by atoms with Gasteiger partial charge in [0, 0.05) is 31.0 Å². The number of carbonyl (C=O) groups excluding carboxylic acids is 1. The number of ether oxygens (including phenoxy) is 3. The summed E-state index contributed by atoms with van der Waals surface area (Å²) in [4.78, 5) is 27.9. The van der Waals surface area contributed by atoms with Crippen molar-refractivity contribution in [3.8, 4) is 28.4 Å². The molecule has 2 atom stereocenters. The summed E-state index contributed by atoms with van der Waals surface area (Å²) in [6, 6.07) is 20.9. The van der Waals surface area contributed by atoms with Crippen LogP contribution in [0.1, 0.15) is 51.3 Å². The van der Waals surface area contributed by atoms with E-state index in [1.54, 1.807) is 61.8 Å². The molecule has 2 heterocycles. The molecule has 0 saturated heterocycles. The van der Waals surface area contributed by atoms with Crippen molar-refractivity contribution in [1.29, 1.82) is 0 Å². The zero-order valence-electron chi connectivity index (χ0n) is 23.2. The van der Waals surface area contributed by atoms with E-state index in [0.29, 0.717) is 24.4 Å². The Morgan fingerprint density at radius 2 is 1.86 bits per heavy atom. The van der Waals surface area contributed by atoms with Crippen molar-refractivity contribution in [2.45, 2.75) is 32.0 Å². The van der Waals surface area contributed by atoms with Crippen molar-refractivity contribution in [2.75, 3.05) is 19.7 Å². The number of fused-ring (bicyclic) bond motifs is 1. The Balaban J connectivity index is 1.25. The van der Waals surface area contributed by atoms with Gasteiger partial charge in [-0.25, -0.2) is 9.59 Å². The van der Waals surface area contributed by atoms with Crippen LogP contribution >= 0.6 is 0 Å². The molecule has 0 amide bonds. The minimum Gasteiger partial charge on any atom is -0.489 e. The number of rotatable bonds is 11. The van der Waals surface area contributed by atoms with Crippen LogP contribution in [0, 0.1) is 0 Å². The molecule has 9 nitrogen and oxygen atoms in total. The standard InChI is InChI=1S/C33H32N2O7/c1-2-40-33(39)21-5-10-26(11-6-21)41-31-17-23(8-13-28(31)32(37)38)22-9-14-30-24(16-22)7-12-27(42-30)19-35-20-29(36)25-4-3-15-34-18-25/h3-6,8-11,13-18,27,29,35-36H,2,7,12,19-20H2,1H3,(H,37,38)/t27-,29-/m1/s1. The molecule has 1 aliphatic rings. The van der Waals surface area contributed by atoms with Crippen LogP contribution in [0.4, 0.5) is 0 Å². The lowest BCUT2D eigenvalue weighted by molar-refractivity contribution is 0.0525. The van der Waals surface area contributed by atoms with E-state index in [1.165, 1.54) is 6.07 Å². The molecule has 0 unspecified atom stereocenters. The average Bonchev–Trinajstić information content (AvgIpc) is 3.01. The number of carboxylic acid groups (broad SMARTS) is 1. The van der Waals surface area contributed by atoms with Gasteiger partial charge in [0.25, 0.3) is 0 Å². The molecule has 0 radical (unpaired) electrons. The number of benzene rings is 3. The summed E-state index contributed by atoms with van der Waals surface area (Å²) in [5.74, 6) is -0.140. The number of pyridine rings is 1. The van der Waals surface area contributed by atoms with Gasteiger partial charge in [-0.15, -0.1) is 0 Å². The summed E-state index contributed by atoms with van der Waals surface area (Å²) in [7, 11) is 0. The highest BCUT2D eigenvalue weighted by Gasteiger charge is 2.21. The largest absolute Gasteiger partial charge is 0.489 e. The number of aliphatic hydroxyl groups is 1. The Morgan fingerprint density at radius 1 is 1.07 bits per heavy atom. The van der Waals surface area contributed by atoms with Crippen molar-refractivity contribution in [3.63, 3.8) is 0 Å². The minimum absolute atomic E-state index is 0.0190. The SMILES string of the molecule is CCOC(=O)c1ccc(Oc2cc(-c3ccc4c(c3)CC[C@H](CNC[C@@H](O)c3cccnc3)O4)ccc2C(=O)O)cc1. The second-order valence-electron chi connectivity index (χ2n) is 9.92. The Bertz CT molecular complexity index is 1540. The molecule has 1 aliphatic heterocycles. The minimum atomic E-state index is -1.11. The van der Waals surface area contributed by atoms with Crippen LogP contribution in [0.2, 0.25) is 0 Å². The first kappa shape index (κ1) is 28.8. The molecular formula is C33H32N2O7. The molecule has 4 aromatic rings. The van der Waals surface area contributed by atoms with E-state index in [2.05, 4.69) is 16.4 Å². The first-order valence-corrected chi connectivity index (χ1v) is 13.8. The first-order valence-electron chi connectivity index (χ1n) is 13.8. The quantitative estimate of drug-likeness (QED) is 0.203. The predicted octanol–water partition coefficient (Wildman–Crippen LogP) is 5.43. The molecular weight excluding hydrogens is 536 g/mol. The number of carbonyl (C=O) groups is 2. The highest BCUT2D eigenvalue weighted by molar-refractivity contribution is 5.92. The summed E-state index contributed by atoms with van der Waals surface area (Å²) >= 11 is 0. The van der Waals surface area contributed by atoms with Crippen LogP contribution in [0.3, 0.4) is 0 Å². The summed E-state index contributed by atoms with van der Waals surface area (Å²) in [6.45, 7) is 3.02. The summed E-state index contributed by atoms with van der Waals surface area (Å²) in [5.41, 5.74) is 3.95. The van der Waals surface area contributed by atoms with Gasteiger partial charge in [0.2, 0.25) is 0 Å². The Hall–Kier alpha value is -4.73. The molecule has 0 spiro atoms. The monoisotopic (exact) mass is 568 g/mol. The maximum atomic E-state index is 11.9. The molecule has 9 heteroatoms. The topological polar surface area (TPSA) is 127 Å². The second-order valence-corrected chi connectivity index (χ2v) is 9.92. The van der Waals surface area contributed by atoms with Crippen LogP contribution in [-0.2, 0) is 11.2 Å². The van der Waals surface area contributed by atoms with E-state index in [9.17, 15) is 19.8 Å². The van der Waals surface area contributed by atoms with Crippen molar-refractivity contribution in [3.05, 3.63) is 107 Å². The van der Waals surface area contributed by atoms with E-state index in [1.807, 2.05) is 18.2 Å². The van der Waals surface area contributed by atoms with Gasteiger partial charge in [0.15, 0.2) is 0 Å². The molecule has 216 valence electrons. The third kappa shape index (κ3) is 6.94. The Labute approximate surface area is 243 Å². The van der Waals surface area contributed by atoms with Gasteiger partial charge in [-0.3, -0.25) is 4.98 Å². The van der Waals surface area contributed by atoms with Gasteiger partial charge in [-0.1, -0.05) is 18.2 Å². The van der Waals surface area contributed by atoms with Gasteiger partial charge in [0.1, 0.15) is 28.9 Å². The van der Waals surface area contributed by atoms with Gasteiger partial charge >= 0.3 is 11.9 Å². The average molecular weight is 569 g/mol. The van der Waals surface area contributed by atoms with E-state index >= 15 is 0 Å². The molecule has 5 rings (SSSR count). The van der Waals surface area contributed by atoms with E-state index in [0.717, 1.165) is 40.8 Å². The number of aliphatic hydroxyl groups excluding tert-OH is 1. The first-order chi connectivity index (χ1) is 20.4. The van der Waals surface area contributed by atoms with Crippen molar-refractivity contribution in [1.82, 2.24) is 10.3 Å². The molecule has 0 fully saturated rings. The van der Waals surface area contributed by atoms with E-state index in [-0.39, 0.29) is 24.0 Å². The fraction of sp³-hybridized carbons (Fsp3) is 0.242. The number of esters is 1. The molecule has 3 N–H and O–H groups in total. The number of nitrogens with one attached hydrogen (secondary N) is 1. The third-order valence-corrected chi connectivity index (χ3v) is 7.01. The van der Waals surface area contributed by atoms with Gasteiger partial charge < -0.3 is 29.7 Å². The number of aryl methyl sites for hydroxylation is 1. The lowest BCUT2D eigenvalue weighted by atomic mass is 9.96. The summed E-state index contributed by atoms with van der Waals surface area (Å²) in [5, 5.41) is 23.4. The highest BCUT2D eigenvalue weighted by atomic mass is 16.5. The van der Waals surface area contributed by atoms with Crippen LogP contribution in [0.25, 0.3) is 11.1 Å². The molecule has 0 aliphatic carbocycles. The number of aromatic nitrogens is 1. The number of hydrogen-bond acceptors (Lipinski definition) is 8. The predicted molar refractivity (Wildman–Crippen MR) is 156 cm³/mol. The van der Waals surface area contributed by atoms with E-state index in [4.69, 9.17) is 14.2 Å². The molecule has 0 bridgehead atoms. The summed E-state index contributed by atoms with van der Waals surface area (Å²) in [6.07, 6.45) is 4.32. The second kappa shape index (κ2) is 13.3. The van der Waals surface area contributed by atoms with Crippen LogP contribution < -0.4 is 14.8 Å². The fourth-order valence-electron chi connectivity index (χ4n) is 4.80. The van der Waals surface area contributed by atoms with Gasteiger partial charge in [0.05, 0.1) is 18.3 Å².